The molecule has 2 rings (SSSR count). The number of carboxylic acid groups (broad SMARTS) is 1. The van der Waals surface area contributed by atoms with Crippen LogP contribution in [0.4, 0.5) is 9.18 Å². The molecule has 0 fully saturated rings. The predicted octanol–water partition coefficient (Wildman–Crippen LogP) is 2.71. The lowest BCUT2D eigenvalue weighted by Crippen LogP contribution is -2.39. The summed E-state index contributed by atoms with van der Waals surface area (Å²) in [6.07, 6.45) is -0.208. The number of nitrogens with one attached hydrogen (secondary N) is 2. The van der Waals surface area contributed by atoms with E-state index in [1.165, 1.54) is 32.4 Å². The Hall–Kier alpha value is -3.29. The Kier molecular flexibility index (Phi) is 6.99. The first-order chi connectivity index (χ1) is 12.9. The molecule has 2 aromatic rings. The highest BCUT2D eigenvalue weighted by Crippen LogP contribution is 2.32. The number of aliphatic carboxylic acids is 1. The molecule has 3 N–H and O–H groups in total. The lowest BCUT2D eigenvalue weighted by Gasteiger charge is -2.22. The zero-order valence-electron chi connectivity index (χ0n) is 15.0. The lowest BCUT2D eigenvalue weighted by atomic mass is 9.97. The van der Waals surface area contributed by atoms with Crippen molar-refractivity contribution in [3.8, 4) is 11.5 Å². The zero-order chi connectivity index (χ0) is 19.8. The zero-order valence-corrected chi connectivity index (χ0v) is 15.0. The highest BCUT2D eigenvalue weighted by molar-refractivity contribution is 5.76. The molecule has 0 spiro atoms. The number of carbonyl (C=O) groups is 2. The van der Waals surface area contributed by atoms with Gasteiger partial charge in [-0.2, -0.15) is 0 Å². The first kappa shape index (κ1) is 20.0. The van der Waals surface area contributed by atoms with Crippen LogP contribution in [0.25, 0.3) is 0 Å². The molecule has 0 aliphatic heterocycles. The average Bonchev–Trinajstić information content (AvgIpc) is 2.65. The fourth-order valence-electron chi connectivity index (χ4n) is 2.56. The summed E-state index contributed by atoms with van der Waals surface area (Å²) < 4.78 is 24.4. The normalized spacial score (nSPS) is 11.4. The monoisotopic (exact) mass is 376 g/mol. The van der Waals surface area contributed by atoms with Gasteiger partial charge in [0.05, 0.1) is 26.7 Å². The summed E-state index contributed by atoms with van der Waals surface area (Å²) in [5.74, 6) is -0.533. The third-order valence-electron chi connectivity index (χ3n) is 3.83. The molecule has 1 atom stereocenters. The van der Waals surface area contributed by atoms with Crippen LogP contribution in [0.15, 0.2) is 42.5 Å². The summed E-state index contributed by atoms with van der Waals surface area (Å²) in [4.78, 5) is 22.8. The van der Waals surface area contributed by atoms with Gasteiger partial charge in [0.15, 0.2) is 0 Å². The van der Waals surface area contributed by atoms with Crippen molar-refractivity contribution < 1.29 is 28.6 Å². The van der Waals surface area contributed by atoms with E-state index in [1.54, 1.807) is 24.3 Å². The smallest absolute Gasteiger partial charge is 0.315 e. The molecule has 27 heavy (non-hydrogen) atoms. The summed E-state index contributed by atoms with van der Waals surface area (Å²) in [5.41, 5.74) is 1.06. The van der Waals surface area contributed by atoms with Crippen LogP contribution < -0.4 is 20.1 Å². The van der Waals surface area contributed by atoms with Crippen molar-refractivity contribution in [2.24, 2.45) is 0 Å². The molecule has 0 aliphatic rings. The third-order valence-corrected chi connectivity index (χ3v) is 3.83. The molecule has 0 saturated carbocycles. The van der Waals surface area contributed by atoms with Gasteiger partial charge < -0.3 is 25.2 Å². The molecule has 0 heterocycles. The Morgan fingerprint density at radius 3 is 2.59 bits per heavy atom. The fourth-order valence-corrected chi connectivity index (χ4v) is 2.56. The van der Waals surface area contributed by atoms with Crippen molar-refractivity contribution in [1.29, 1.82) is 0 Å². The van der Waals surface area contributed by atoms with Crippen LogP contribution in [0.1, 0.15) is 23.6 Å². The number of benzene rings is 2. The van der Waals surface area contributed by atoms with Gasteiger partial charge in [-0.3, -0.25) is 4.79 Å². The van der Waals surface area contributed by atoms with E-state index in [2.05, 4.69) is 10.6 Å². The summed E-state index contributed by atoms with van der Waals surface area (Å²) in [7, 11) is 2.97. The fraction of sp³-hybridized carbons (Fsp3) is 0.263. The number of carbonyl (C=O) groups excluding carboxylic acids is 1. The second-order valence-corrected chi connectivity index (χ2v) is 5.64. The van der Waals surface area contributed by atoms with Gasteiger partial charge >= 0.3 is 12.0 Å². The van der Waals surface area contributed by atoms with Crippen molar-refractivity contribution in [1.82, 2.24) is 10.6 Å². The van der Waals surface area contributed by atoms with Gasteiger partial charge in [-0.05, 0) is 35.9 Å². The Balaban J connectivity index is 2.35. The van der Waals surface area contributed by atoms with E-state index < -0.39 is 23.9 Å². The second kappa shape index (κ2) is 9.42. The van der Waals surface area contributed by atoms with E-state index in [0.29, 0.717) is 22.6 Å². The van der Waals surface area contributed by atoms with Crippen molar-refractivity contribution in [3.05, 3.63) is 59.4 Å². The first-order valence-electron chi connectivity index (χ1n) is 8.18. The minimum Gasteiger partial charge on any atom is -0.497 e. The van der Waals surface area contributed by atoms with Crippen LogP contribution >= 0.6 is 0 Å². The van der Waals surface area contributed by atoms with Crippen molar-refractivity contribution >= 4 is 12.0 Å². The molecule has 144 valence electrons. The van der Waals surface area contributed by atoms with E-state index in [4.69, 9.17) is 14.6 Å². The molecule has 0 aliphatic carbocycles. The van der Waals surface area contributed by atoms with Crippen LogP contribution in [0, 0.1) is 5.82 Å². The molecule has 0 radical (unpaired) electrons. The second-order valence-electron chi connectivity index (χ2n) is 5.64. The number of rotatable bonds is 8. The van der Waals surface area contributed by atoms with Crippen molar-refractivity contribution in [2.75, 3.05) is 20.8 Å². The Morgan fingerprint density at radius 1 is 1.15 bits per heavy atom. The van der Waals surface area contributed by atoms with Gasteiger partial charge in [0, 0.05) is 12.1 Å². The van der Waals surface area contributed by atoms with E-state index in [9.17, 15) is 14.0 Å². The van der Waals surface area contributed by atoms with Gasteiger partial charge in [-0.15, -0.1) is 0 Å². The Bertz CT molecular complexity index is 812. The predicted molar refractivity (Wildman–Crippen MR) is 96.6 cm³/mol. The minimum absolute atomic E-state index is 0.0354. The van der Waals surface area contributed by atoms with Gasteiger partial charge in [0.1, 0.15) is 17.3 Å². The van der Waals surface area contributed by atoms with Gasteiger partial charge in [-0.1, -0.05) is 12.1 Å². The summed E-state index contributed by atoms with van der Waals surface area (Å²) in [6, 6.07) is 9.65. The third kappa shape index (κ3) is 5.60. The lowest BCUT2D eigenvalue weighted by molar-refractivity contribution is -0.136. The SMILES string of the molecule is COc1cccc(C(NC(=O)NCCC(=O)O)c2cc(F)ccc2OC)c1. The van der Waals surface area contributed by atoms with E-state index >= 15 is 0 Å². The number of hydrogen-bond acceptors (Lipinski definition) is 4. The average molecular weight is 376 g/mol. The Labute approximate surface area is 156 Å². The standard InChI is InChI=1S/C19H21FN2O5/c1-26-14-5-3-4-12(10-14)18(22-19(25)21-9-8-17(23)24)15-11-13(20)6-7-16(15)27-2/h3-7,10-11,18H,8-9H2,1-2H3,(H,23,24)(H2,21,22,25). The number of hydrogen-bond donors (Lipinski definition) is 3. The maximum Gasteiger partial charge on any atom is 0.315 e. The number of ether oxygens (including phenoxy) is 2. The topological polar surface area (TPSA) is 96.9 Å². The van der Waals surface area contributed by atoms with Gasteiger partial charge in [0.2, 0.25) is 0 Å². The summed E-state index contributed by atoms with van der Waals surface area (Å²) in [6.45, 7) is -0.0354. The first-order valence-corrected chi connectivity index (χ1v) is 8.18. The molecule has 0 aromatic heterocycles. The molecule has 2 aromatic carbocycles. The Morgan fingerprint density at radius 2 is 1.93 bits per heavy atom. The molecule has 0 saturated heterocycles. The largest absolute Gasteiger partial charge is 0.497 e. The van der Waals surface area contributed by atoms with Gasteiger partial charge in [0.25, 0.3) is 0 Å². The number of methoxy groups -OCH3 is 2. The molecule has 1 unspecified atom stereocenters. The minimum atomic E-state index is -1.02. The van der Waals surface area contributed by atoms with Crippen LogP contribution in [0.3, 0.4) is 0 Å². The van der Waals surface area contributed by atoms with E-state index in [1.807, 2.05) is 0 Å². The molecular formula is C19H21FN2O5. The molecule has 0 bridgehead atoms. The van der Waals surface area contributed by atoms with Crippen LogP contribution in [0.5, 0.6) is 11.5 Å². The molecule has 8 heteroatoms. The molecule has 7 nitrogen and oxygen atoms in total. The van der Waals surface area contributed by atoms with E-state index in [0.717, 1.165) is 0 Å². The highest BCUT2D eigenvalue weighted by atomic mass is 19.1. The van der Waals surface area contributed by atoms with Crippen LogP contribution in [0.2, 0.25) is 0 Å². The molecular weight excluding hydrogens is 355 g/mol. The van der Waals surface area contributed by atoms with Gasteiger partial charge in [-0.25, -0.2) is 9.18 Å². The van der Waals surface area contributed by atoms with Crippen LogP contribution in [-0.2, 0) is 4.79 Å². The maximum absolute atomic E-state index is 13.9. The summed E-state index contributed by atoms with van der Waals surface area (Å²) >= 11 is 0. The van der Waals surface area contributed by atoms with E-state index in [-0.39, 0.29) is 13.0 Å². The number of carboxylic acids is 1. The van der Waals surface area contributed by atoms with Crippen LogP contribution in [-0.4, -0.2) is 37.9 Å². The van der Waals surface area contributed by atoms with Crippen molar-refractivity contribution in [2.45, 2.75) is 12.5 Å². The number of urea groups is 1. The number of halogens is 1. The number of amides is 2. The quantitative estimate of drug-likeness (QED) is 0.658. The summed E-state index contributed by atoms with van der Waals surface area (Å²) in [5, 5.41) is 13.9. The maximum atomic E-state index is 13.9. The molecule has 2 amide bonds. The van der Waals surface area contributed by atoms with Crippen molar-refractivity contribution in [3.63, 3.8) is 0 Å². The highest BCUT2D eigenvalue weighted by Gasteiger charge is 2.22.